The van der Waals surface area contributed by atoms with Gasteiger partial charge in [0.1, 0.15) is 43.5 Å². The molecule has 4 aliphatic heterocycles. The highest BCUT2D eigenvalue weighted by Crippen LogP contribution is 2.55. The van der Waals surface area contributed by atoms with Gasteiger partial charge >= 0.3 is 26.2 Å². The van der Waals surface area contributed by atoms with Crippen molar-refractivity contribution in [2.75, 3.05) is 24.7 Å². The highest BCUT2D eigenvalue weighted by molar-refractivity contribution is 8.00. The van der Waals surface area contributed by atoms with Gasteiger partial charge in [0, 0.05) is 88.3 Å². The monoisotopic (exact) mass is 1020 g/mol. The van der Waals surface area contributed by atoms with Gasteiger partial charge in [-0.3, -0.25) is 23.2 Å². The van der Waals surface area contributed by atoms with Crippen LogP contribution in [0.1, 0.15) is 62.8 Å². The van der Waals surface area contributed by atoms with Gasteiger partial charge < -0.3 is 14.5 Å². The van der Waals surface area contributed by atoms with Crippen LogP contribution in [-0.2, 0) is 60.7 Å². The molecular formula is C41H34F2N3O14S6+. The minimum atomic E-state index is -5.68. The number of hydroxylamine groups is 2. The van der Waals surface area contributed by atoms with E-state index in [9.17, 15) is 53.3 Å². The fraction of sp³-hybridized carbons (Fsp3) is 0.268. The number of thiophene rings is 2. The minimum Gasteiger partial charge on any atom is -0.456 e. The third-order valence-corrected chi connectivity index (χ3v) is 19.1. The molecule has 0 unspecified atom stereocenters. The molecule has 17 nitrogen and oxygen atoms in total. The number of carbonyl (C=O) groups is 3. The molecule has 1 saturated heterocycles. The Kier molecular flexibility index (Phi) is 10.4. The number of hydrogen-bond acceptors (Lipinski definition) is 15. The van der Waals surface area contributed by atoms with Crippen LogP contribution in [0.25, 0.3) is 26.5 Å². The molecule has 3 aromatic carbocycles. The van der Waals surface area contributed by atoms with E-state index in [-0.39, 0.29) is 45.8 Å². The third kappa shape index (κ3) is 7.08. The first-order valence-electron chi connectivity index (χ1n) is 19.3. The van der Waals surface area contributed by atoms with Gasteiger partial charge in [-0.05, 0) is 49.7 Å². The number of hydrogen-bond donors (Lipinski definition) is 3. The van der Waals surface area contributed by atoms with Crippen LogP contribution in [0.15, 0.2) is 60.7 Å². The summed E-state index contributed by atoms with van der Waals surface area (Å²) in [4.78, 5) is 42.2. The zero-order valence-electron chi connectivity index (χ0n) is 35.0. The molecule has 0 atom stereocenters. The summed E-state index contributed by atoms with van der Waals surface area (Å²) < 4.78 is 149. The molecule has 1 fully saturated rings. The molecule has 0 radical (unpaired) electrons. The predicted octanol–water partition coefficient (Wildman–Crippen LogP) is 5.27. The molecule has 0 spiro atoms. The zero-order valence-corrected chi connectivity index (χ0v) is 39.9. The predicted molar refractivity (Wildman–Crippen MR) is 236 cm³/mol. The maximum absolute atomic E-state index is 17.7. The van der Waals surface area contributed by atoms with Gasteiger partial charge in [-0.1, -0.05) is 0 Å². The third-order valence-electron chi connectivity index (χ3n) is 12.3. The number of thioether (sulfide) groups is 1. The number of carbonyl (C=O) groups excluding carboxylic acids is 3. The van der Waals surface area contributed by atoms with Crippen molar-refractivity contribution in [3.8, 4) is 32.4 Å². The van der Waals surface area contributed by atoms with Crippen molar-refractivity contribution in [1.29, 1.82) is 0 Å². The van der Waals surface area contributed by atoms with E-state index in [2.05, 4.69) is 0 Å². The molecule has 2 aromatic heterocycles. The Hall–Kier alpha value is -5.12. The van der Waals surface area contributed by atoms with E-state index in [1.807, 2.05) is 0 Å². The van der Waals surface area contributed by atoms with Crippen LogP contribution in [0, 0.1) is 11.6 Å². The molecule has 5 aromatic rings. The Morgan fingerprint density at radius 2 is 1.41 bits per heavy atom. The summed E-state index contributed by atoms with van der Waals surface area (Å²) in [5, 5.41) is 0.592. The van der Waals surface area contributed by atoms with E-state index in [4.69, 9.17) is 9.57 Å². The number of anilines is 1. The average Bonchev–Trinajstić information content (AvgIpc) is 3.96. The van der Waals surface area contributed by atoms with Crippen molar-refractivity contribution in [1.82, 2.24) is 9.64 Å². The largest absolute Gasteiger partial charge is 0.456 e. The lowest BCUT2D eigenvalue weighted by Crippen LogP contribution is -2.46. The van der Waals surface area contributed by atoms with Crippen molar-refractivity contribution in [3.63, 3.8) is 0 Å². The highest BCUT2D eigenvalue weighted by atomic mass is 32.3. The van der Waals surface area contributed by atoms with Gasteiger partial charge in [0.05, 0.1) is 27.8 Å². The smallest absolute Gasteiger partial charge is 0.343 e. The number of benzene rings is 3. The van der Waals surface area contributed by atoms with Gasteiger partial charge in [0.2, 0.25) is 5.36 Å². The Labute approximate surface area is 386 Å². The minimum absolute atomic E-state index is 0.0419. The molecule has 25 heteroatoms. The highest BCUT2D eigenvalue weighted by Gasteiger charge is 2.44. The van der Waals surface area contributed by atoms with Crippen molar-refractivity contribution in [3.05, 3.63) is 86.9 Å². The van der Waals surface area contributed by atoms with Gasteiger partial charge in [-0.25, -0.2) is 18.2 Å². The Morgan fingerprint density at radius 1 is 0.818 bits per heavy atom. The summed E-state index contributed by atoms with van der Waals surface area (Å²) in [6, 6.07) is 8.99. The number of ether oxygens (including phenoxy) is 1. The van der Waals surface area contributed by atoms with Crippen LogP contribution in [0.4, 0.5) is 14.5 Å². The van der Waals surface area contributed by atoms with Crippen LogP contribution >= 0.6 is 34.4 Å². The van der Waals surface area contributed by atoms with Crippen LogP contribution in [-0.4, -0.2) is 81.6 Å². The lowest BCUT2D eigenvalue weighted by atomic mass is 9.83. The summed E-state index contributed by atoms with van der Waals surface area (Å²) in [6.07, 6.45) is -0.436. The molecule has 4 aliphatic rings. The first-order valence-corrected chi connectivity index (χ1v) is 26.3. The van der Waals surface area contributed by atoms with Crippen LogP contribution in [0.5, 0.6) is 11.5 Å². The van der Waals surface area contributed by atoms with E-state index in [1.165, 1.54) is 36.4 Å². The van der Waals surface area contributed by atoms with Gasteiger partial charge in [-0.15, -0.1) is 39.5 Å². The Balaban J connectivity index is 1.38. The SMILES string of the molecule is CN1c2cc3c(cc2-c2sc(S(=O)(=O)O)cc2C1(C)C)C(c1c(F)c(SCC(=O)ON2C(=O)CCC2=O)cc(F)c1S(=O)(=O)O)=c1cc2c(cc1O3)=[N+](C)C(C)(C)c1cc(S(=O)(=O)O)sc1-2. The molecule has 6 heterocycles. The Bertz CT molecular complexity index is 3590. The van der Waals surface area contributed by atoms with Gasteiger partial charge in [0.15, 0.2) is 5.54 Å². The van der Waals surface area contributed by atoms with Gasteiger partial charge in [0.25, 0.3) is 21.9 Å². The standard InChI is InChI=1S/C41H33F2N3O14S6/c1-40(2)21-11-32(64(50,51)52)62-37(21)17-9-19-26(14-24(17)44(40)5)59-27-15-25-18(38-22(41(3,4)45(25)6)12-33(63-38)65(53,54)55)10-20(27)34(19)35-36(43)28(13-23(42)39(35)66(56,57)58)61-16-31(49)60-46-29(47)7-8-30(46)48/h9-15H,7-8,16H2,1-6H3,(H2-,50,51,52,53,54,55,56,57,58)/p+1. The van der Waals surface area contributed by atoms with Gasteiger partial charge in [-0.2, -0.15) is 25.3 Å². The summed E-state index contributed by atoms with van der Waals surface area (Å²) in [7, 11) is -11.7. The topological polar surface area (TPSA) is 242 Å². The number of imide groups is 1. The quantitative estimate of drug-likeness (QED) is 0.0761. The molecule has 0 bridgehead atoms. The van der Waals surface area contributed by atoms with Crippen molar-refractivity contribution in [2.45, 2.75) is 69.8 Å². The molecule has 346 valence electrons. The maximum Gasteiger partial charge on any atom is 0.343 e. The maximum atomic E-state index is 17.7. The van der Waals surface area contributed by atoms with Crippen molar-refractivity contribution in [2.24, 2.45) is 0 Å². The average molecular weight is 1020 g/mol. The van der Waals surface area contributed by atoms with Crippen LogP contribution < -0.4 is 24.8 Å². The fourth-order valence-electron chi connectivity index (χ4n) is 8.50. The second-order valence-electron chi connectivity index (χ2n) is 16.7. The summed E-state index contributed by atoms with van der Waals surface area (Å²) in [5.74, 6) is -6.86. The van der Waals surface area contributed by atoms with Crippen LogP contribution in [0.2, 0.25) is 0 Å². The van der Waals surface area contributed by atoms with E-state index in [1.54, 1.807) is 51.3 Å². The molecule has 9 rings (SSSR count). The molecule has 0 saturated carbocycles. The fourth-order valence-corrected chi connectivity index (χ4v) is 14.0. The van der Waals surface area contributed by atoms with Crippen molar-refractivity contribution >= 4 is 93.8 Å². The number of halogens is 2. The number of rotatable bonds is 8. The summed E-state index contributed by atoms with van der Waals surface area (Å²) >= 11 is 1.77. The number of nitrogens with zero attached hydrogens (tertiary/aromatic N) is 3. The molecule has 3 N–H and O–H groups in total. The van der Waals surface area contributed by atoms with E-state index in [0.717, 1.165) is 22.7 Å². The summed E-state index contributed by atoms with van der Waals surface area (Å²) in [5.41, 5.74) is -1.44. The molecule has 2 amide bonds. The zero-order chi connectivity index (χ0) is 48.1. The van der Waals surface area contributed by atoms with Crippen LogP contribution in [0.3, 0.4) is 0 Å². The first kappa shape index (κ1) is 46.0. The molecule has 66 heavy (non-hydrogen) atoms. The lowest BCUT2D eigenvalue weighted by molar-refractivity contribution is -0.195. The number of amides is 2. The second-order valence-corrected chi connectivity index (χ2v) is 24.5. The van der Waals surface area contributed by atoms with Crippen molar-refractivity contribution < 1.29 is 71.7 Å². The molecule has 0 aliphatic carbocycles. The normalized spacial score (nSPS) is 17.1. The Morgan fingerprint density at radius 3 is 2.00 bits per heavy atom. The first-order chi connectivity index (χ1) is 30.5. The van der Waals surface area contributed by atoms with E-state index >= 15 is 8.78 Å². The molecular weight excluding hydrogens is 989 g/mol. The second kappa shape index (κ2) is 14.9. The number of fused-ring (bicyclic) bond motifs is 8. The van der Waals surface area contributed by atoms with E-state index in [0.29, 0.717) is 60.9 Å². The summed E-state index contributed by atoms with van der Waals surface area (Å²) in [6.45, 7) is 7.20. The van der Waals surface area contributed by atoms with E-state index < -0.39 is 100 Å². The lowest BCUT2D eigenvalue weighted by Gasteiger charge is -2.43.